The highest BCUT2D eigenvalue weighted by Gasteiger charge is 2.25. The van der Waals surface area contributed by atoms with Crippen LogP contribution in [0.2, 0.25) is 0 Å². The molecule has 9 heteroatoms. The second kappa shape index (κ2) is 5.11. The quantitative estimate of drug-likeness (QED) is 0.653. The van der Waals surface area contributed by atoms with Crippen molar-refractivity contribution in [2.75, 3.05) is 4.72 Å². The molecule has 0 spiro atoms. The minimum atomic E-state index is -4.11. The molecule has 1 unspecified atom stereocenters. The highest BCUT2D eigenvalue weighted by Crippen LogP contribution is 2.21. The third-order valence-corrected chi connectivity index (χ3v) is 4.35. The van der Waals surface area contributed by atoms with Crippen LogP contribution < -0.4 is 10.5 Å². The van der Waals surface area contributed by atoms with Crippen molar-refractivity contribution >= 4 is 32.9 Å². The van der Waals surface area contributed by atoms with E-state index < -0.39 is 38.4 Å². The molecule has 0 aromatic heterocycles. The first-order chi connectivity index (χ1) is 8.16. The lowest BCUT2D eigenvalue weighted by Gasteiger charge is -2.14. The van der Waals surface area contributed by atoms with E-state index in [-0.39, 0.29) is 4.99 Å². The van der Waals surface area contributed by atoms with Gasteiger partial charge in [0.2, 0.25) is 10.0 Å². The third-order valence-electron chi connectivity index (χ3n) is 2.15. The van der Waals surface area contributed by atoms with Crippen molar-refractivity contribution in [3.63, 3.8) is 0 Å². The summed E-state index contributed by atoms with van der Waals surface area (Å²) in [4.78, 5) is -0.328. The van der Waals surface area contributed by atoms with Crippen LogP contribution in [0.1, 0.15) is 6.92 Å². The summed E-state index contributed by atoms with van der Waals surface area (Å²) in [6, 6.07) is 1.36. The van der Waals surface area contributed by atoms with Crippen molar-refractivity contribution < 1.29 is 21.6 Å². The predicted octanol–water partition coefficient (Wildman–Crippen LogP) is 1.52. The zero-order valence-electron chi connectivity index (χ0n) is 9.08. The summed E-state index contributed by atoms with van der Waals surface area (Å²) < 4.78 is 63.8. The molecular formula is C9H9F3N2O2S2. The number of sulfonamides is 1. The summed E-state index contributed by atoms with van der Waals surface area (Å²) in [5.41, 5.74) is 4.44. The topological polar surface area (TPSA) is 72.2 Å². The molecule has 1 atom stereocenters. The first-order valence-corrected chi connectivity index (χ1v) is 6.56. The number of anilines is 1. The number of nitrogens with two attached hydrogens (primary N) is 1. The number of halogens is 3. The van der Waals surface area contributed by atoms with E-state index in [1.807, 2.05) is 0 Å². The summed E-state index contributed by atoms with van der Waals surface area (Å²) in [6.45, 7) is 1.18. The van der Waals surface area contributed by atoms with Crippen LogP contribution in [0.3, 0.4) is 0 Å². The first kappa shape index (κ1) is 14.7. The standard InChI is InChI=1S/C9H9F3N2O2S2/c1-4(9(13)17)18(15,16)14-6-3-2-5(10)7(11)8(6)12/h2-4,14H,1H3,(H2,13,17). The number of hydrogen-bond acceptors (Lipinski definition) is 3. The van der Waals surface area contributed by atoms with Gasteiger partial charge in [-0.2, -0.15) is 0 Å². The summed E-state index contributed by atoms with van der Waals surface area (Å²) in [6.07, 6.45) is 0. The molecule has 0 radical (unpaired) electrons. The Labute approximate surface area is 107 Å². The lowest BCUT2D eigenvalue weighted by Crippen LogP contribution is -2.35. The van der Waals surface area contributed by atoms with Crippen LogP contribution in [-0.2, 0) is 10.0 Å². The molecule has 0 bridgehead atoms. The molecule has 0 saturated carbocycles. The zero-order valence-corrected chi connectivity index (χ0v) is 10.7. The van der Waals surface area contributed by atoms with E-state index in [1.165, 1.54) is 6.92 Å². The van der Waals surface area contributed by atoms with Gasteiger partial charge in [0.05, 0.1) is 10.7 Å². The van der Waals surface area contributed by atoms with Crippen LogP contribution in [0.15, 0.2) is 12.1 Å². The molecule has 0 aliphatic carbocycles. The van der Waals surface area contributed by atoms with Crippen LogP contribution in [0.5, 0.6) is 0 Å². The fraction of sp³-hybridized carbons (Fsp3) is 0.222. The van der Waals surface area contributed by atoms with Crippen LogP contribution in [-0.4, -0.2) is 18.7 Å². The summed E-state index contributed by atoms with van der Waals surface area (Å²) in [5.74, 6) is -4.82. The van der Waals surface area contributed by atoms with Crippen molar-refractivity contribution in [3.05, 3.63) is 29.6 Å². The lowest BCUT2D eigenvalue weighted by atomic mass is 10.3. The van der Waals surface area contributed by atoms with Crippen molar-refractivity contribution in [2.45, 2.75) is 12.2 Å². The van der Waals surface area contributed by atoms with Gasteiger partial charge in [0.15, 0.2) is 17.5 Å². The highest BCUT2D eigenvalue weighted by molar-refractivity contribution is 7.95. The summed E-state index contributed by atoms with van der Waals surface area (Å²) in [7, 11) is -4.11. The summed E-state index contributed by atoms with van der Waals surface area (Å²) >= 11 is 4.49. The Morgan fingerprint density at radius 2 is 1.89 bits per heavy atom. The number of hydrogen-bond donors (Lipinski definition) is 2. The average molecular weight is 298 g/mol. The van der Waals surface area contributed by atoms with Crippen LogP contribution in [0.4, 0.5) is 18.9 Å². The Balaban J connectivity index is 3.13. The highest BCUT2D eigenvalue weighted by atomic mass is 32.2. The van der Waals surface area contributed by atoms with Crippen molar-refractivity contribution in [2.24, 2.45) is 5.73 Å². The maximum atomic E-state index is 13.3. The molecule has 4 nitrogen and oxygen atoms in total. The van der Waals surface area contributed by atoms with E-state index in [4.69, 9.17) is 5.73 Å². The Kier molecular flexibility index (Phi) is 4.17. The van der Waals surface area contributed by atoms with Gasteiger partial charge in [-0.25, -0.2) is 21.6 Å². The smallest absolute Gasteiger partial charge is 0.241 e. The fourth-order valence-electron chi connectivity index (χ4n) is 0.999. The van der Waals surface area contributed by atoms with Gasteiger partial charge in [-0.05, 0) is 19.1 Å². The van der Waals surface area contributed by atoms with E-state index in [9.17, 15) is 21.6 Å². The van der Waals surface area contributed by atoms with Gasteiger partial charge in [0.1, 0.15) is 5.25 Å². The fourth-order valence-corrected chi connectivity index (χ4v) is 2.33. The zero-order chi connectivity index (χ0) is 14.1. The lowest BCUT2D eigenvalue weighted by molar-refractivity contribution is 0.449. The predicted molar refractivity (Wildman–Crippen MR) is 65.1 cm³/mol. The normalized spacial score (nSPS) is 13.1. The first-order valence-electron chi connectivity index (χ1n) is 4.61. The minimum absolute atomic E-state index is 0.328. The second-order valence-corrected chi connectivity index (χ2v) is 5.89. The maximum Gasteiger partial charge on any atom is 0.241 e. The maximum absolute atomic E-state index is 13.3. The molecule has 0 aliphatic heterocycles. The monoisotopic (exact) mass is 298 g/mol. The Morgan fingerprint density at radius 1 is 1.33 bits per heavy atom. The van der Waals surface area contributed by atoms with Gasteiger partial charge in [0, 0.05) is 0 Å². The van der Waals surface area contributed by atoms with Crippen molar-refractivity contribution in [1.82, 2.24) is 0 Å². The van der Waals surface area contributed by atoms with E-state index in [2.05, 4.69) is 12.2 Å². The molecule has 0 amide bonds. The molecule has 3 N–H and O–H groups in total. The molecule has 18 heavy (non-hydrogen) atoms. The number of thiocarbonyl (C=S) groups is 1. The Hall–Kier alpha value is -1.35. The van der Waals surface area contributed by atoms with Crippen molar-refractivity contribution in [3.8, 4) is 0 Å². The number of benzene rings is 1. The van der Waals surface area contributed by atoms with E-state index >= 15 is 0 Å². The third kappa shape index (κ3) is 2.91. The Morgan fingerprint density at radius 3 is 2.39 bits per heavy atom. The Bertz CT molecular complexity index is 590. The van der Waals surface area contributed by atoms with Gasteiger partial charge >= 0.3 is 0 Å². The summed E-state index contributed by atoms with van der Waals surface area (Å²) in [5, 5.41) is -1.28. The van der Waals surface area contributed by atoms with E-state index in [0.717, 1.165) is 6.07 Å². The van der Waals surface area contributed by atoms with Gasteiger partial charge in [-0.15, -0.1) is 0 Å². The SMILES string of the molecule is CC(C(N)=S)S(=O)(=O)Nc1ccc(F)c(F)c1F. The van der Waals surface area contributed by atoms with Crippen LogP contribution in [0.25, 0.3) is 0 Å². The number of rotatable bonds is 4. The van der Waals surface area contributed by atoms with Gasteiger partial charge < -0.3 is 5.73 Å². The van der Waals surface area contributed by atoms with E-state index in [1.54, 1.807) is 4.72 Å². The molecule has 100 valence electrons. The molecule has 0 heterocycles. The molecule has 0 aliphatic rings. The largest absolute Gasteiger partial charge is 0.392 e. The van der Waals surface area contributed by atoms with Gasteiger partial charge in [-0.3, -0.25) is 4.72 Å². The molecule has 1 aromatic carbocycles. The molecule has 0 saturated heterocycles. The molecule has 0 fully saturated rings. The average Bonchev–Trinajstić information content (AvgIpc) is 2.28. The van der Waals surface area contributed by atoms with Gasteiger partial charge in [0.25, 0.3) is 0 Å². The molecule has 1 rings (SSSR count). The van der Waals surface area contributed by atoms with Gasteiger partial charge in [-0.1, -0.05) is 12.2 Å². The van der Waals surface area contributed by atoms with Crippen molar-refractivity contribution in [1.29, 1.82) is 0 Å². The second-order valence-electron chi connectivity index (χ2n) is 3.41. The van der Waals surface area contributed by atoms with Crippen LogP contribution in [0, 0.1) is 17.5 Å². The minimum Gasteiger partial charge on any atom is -0.392 e. The number of nitrogens with one attached hydrogen (secondary N) is 1. The van der Waals surface area contributed by atoms with Crippen LogP contribution >= 0.6 is 12.2 Å². The molecular weight excluding hydrogens is 289 g/mol. The van der Waals surface area contributed by atoms with E-state index in [0.29, 0.717) is 6.07 Å². The molecule has 1 aromatic rings.